The first-order valence-corrected chi connectivity index (χ1v) is 6.26. The number of rotatable bonds is 2. The molecule has 0 aliphatic heterocycles. The van der Waals surface area contributed by atoms with E-state index in [1.165, 1.54) is 16.9 Å². The minimum Gasteiger partial charge on any atom is -0.313 e. The molecule has 2 rings (SSSR count). The minimum absolute atomic E-state index is 0.0751. The Morgan fingerprint density at radius 1 is 1.26 bits per heavy atom. The molecule has 2 aromatic rings. The fraction of sp³-hybridized carbons (Fsp3) is 0.111. The fourth-order valence-corrected chi connectivity index (χ4v) is 1.98. The van der Waals surface area contributed by atoms with Crippen LogP contribution in [0.4, 0.5) is 18.9 Å². The van der Waals surface area contributed by atoms with Crippen molar-refractivity contribution in [3.05, 3.63) is 34.9 Å². The smallest absolute Gasteiger partial charge is 0.313 e. The van der Waals surface area contributed by atoms with Gasteiger partial charge in [-0.15, -0.1) is 0 Å². The van der Waals surface area contributed by atoms with Crippen molar-refractivity contribution >= 4 is 26.6 Å². The Morgan fingerprint density at radius 2 is 1.95 bits per heavy atom. The maximum Gasteiger partial charge on any atom is 0.516 e. The minimum atomic E-state index is -5.59. The number of anilines is 1. The molecule has 0 bridgehead atoms. The maximum atomic E-state index is 12.3. The van der Waals surface area contributed by atoms with E-state index in [2.05, 4.69) is 9.97 Å². The number of hydrogen-bond acceptors (Lipinski definition) is 4. The number of fused-ring (bicyclic) bond motifs is 1. The summed E-state index contributed by atoms with van der Waals surface area (Å²) in [7, 11) is -5.59. The third-order valence-corrected chi connectivity index (χ3v) is 3.32. The SMILES string of the molecule is O=c1[nH]cnc2cccc(NS(=O)(=O)C(F)(F)F)c12. The Balaban J connectivity index is 2.63. The lowest BCUT2D eigenvalue weighted by Gasteiger charge is -2.11. The molecular formula is C9H6F3N3O3S. The topological polar surface area (TPSA) is 91.9 Å². The standard InChI is InChI=1S/C9H6F3N3O3S/c10-9(11,12)19(17,18)15-6-3-1-2-5-7(6)8(16)14-4-13-5/h1-4,15H,(H,13,14,16). The van der Waals surface area contributed by atoms with Gasteiger partial charge < -0.3 is 4.98 Å². The lowest BCUT2D eigenvalue weighted by Crippen LogP contribution is -2.30. The number of alkyl halides is 3. The van der Waals surface area contributed by atoms with Crippen molar-refractivity contribution < 1.29 is 21.6 Å². The molecule has 10 heteroatoms. The van der Waals surface area contributed by atoms with E-state index in [0.29, 0.717) is 0 Å². The molecule has 0 unspecified atom stereocenters. The Bertz CT molecular complexity index is 777. The number of aromatic amines is 1. The van der Waals surface area contributed by atoms with Crippen molar-refractivity contribution in [1.82, 2.24) is 9.97 Å². The van der Waals surface area contributed by atoms with Crippen molar-refractivity contribution in [3.63, 3.8) is 0 Å². The molecule has 1 aromatic carbocycles. The quantitative estimate of drug-likeness (QED) is 0.869. The number of nitrogens with one attached hydrogen (secondary N) is 2. The Labute approximate surface area is 104 Å². The highest BCUT2D eigenvalue weighted by Gasteiger charge is 2.46. The van der Waals surface area contributed by atoms with Crippen LogP contribution in [0.3, 0.4) is 0 Å². The van der Waals surface area contributed by atoms with Crippen molar-refractivity contribution in [2.24, 2.45) is 0 Å². The van der Waals surface area contributed by atoms with Gasteiger partial charge in [0.15, 0.2) is 0 Å². The number of nitrogens with zero attached hydrogens (tertiary/aromatic N) is 1. The monoisotopic (exact) mass is 293 g/mol. The van der Waals surface area contributed by atoms with Crippen molar-refractivity contribution in [3.8, 4) is 0 Å². The Kier molecular flexibility index (Phi) is 2.97. The Hall–Kier alpha value is -2.10. The highest BCUT2D eigenvalue weighted by Crippen LogP contribution is 2.27. The molecule has 0 atom stereocenters. The van der Waals surface area contributed by atoms with E-state index in [1.54, 1.807) is 0 Å². The summed E-state index contributed by atoms with van der Waals surface area (Å²) >= 11 is 0. The summed E-state index contributed by atoms with van der Waals surface area (Å²) in [6.07, 6.45) is 1.06. The summed E-state index contributed by atoms with van der Waals surface area (Å²) in [5.74, 6) is 0. The molecule has 0 fully saturated rings. The van der Waals surface area contributed by atoms with Gasteiger partial charge in [0, 0.05) is 0 Å². The van der Waals surface area contributed by atoms with Crippen LogP contribution in [0.2, 0.25) is 0 Å². The van der Waals surface area contributed by atoms with Gasteiger partial charge >= 0.3 is 15.5 Å². The zero-order valence-electron chi connectivity index (χ0n) is 9.02. The highest BCUT2D eigenvalue weighted by atomic mass is 32.2. The number of sulfonamides is 1. The van der Waals surface area contributed by atoms with Gasteiger partial charge in [0.25, 0.3) is 5.56 Å². The zero-order valence-corrected chi connectivity index (χ0v) is 9.84. The molecule has 0 saturated heterocycles. The molecule has 0 spiro atoms. The molecule has 0 amide bonds. The first-order chi connectivity index (χ1) is 8.72. The zero-order chi connectivity index (χ0) is 14.3. The lowest BCUT2D eigenvalue weighted by molar-refractivity contribution is -0.0429. The molecule has 0 aliphatic rings. The molecule has 0 saturated carbocycles. The molecule has 19 heavy (non-hydrogen) atoms. The molecule has 102 valence electrons. The van der Waals surface area contributed by atoms with Gasteiger partial charge in [-0.1, -0.05) is 6.07 Å². The van der Waals surface area contributed by atoms with E-state index in [1.807, 2.05) is 0 Å². The average Bonchev–Trinajstić information content (AvgIpc) is 2.27. The van der Waals surface area contributed by atoms with Gasteiger partial charge in [-0.2, -0.15) is 21.6 Å². The second-order valence-electron chi connectivity index (χ2n) is 3.48. The lowest BCUT2D eigenvalue weighted by atomic mass is 10.2. The largest absolute Gasteiger partial charge is 0.516 e. The molecule has 0 aliphatic carbocycles. The number of aromatic nitrogens is 2. The highest BCUT2D eigenvalue weighted by molar-refractivity contribution is 7.93. The van der Waals surface area contributed by atoms with E-state index in [9.17, 15) is 26.4 Å². The van der Waals surface area contributed by atoms with Crippen LogP contribution >= 0.6 is 0 Å². The van der Waals surface area contributed by atoms with Gasteiger partial charge in [-0.05, 0) is 12.1 Å². The summed E-state index contributed by atoms with van der Waals surface area (Å²) in [6, 6.07) is 3.70. The van der Waals surface area contributed by atoms with Gasteiger partial charge in [-0.3, -0.25) is 9.52 Å². The average molecular weight is 293 g/mol. The third-order valence-electron chi connectivity index (χ3n) is 2.22. The summed E-state index contributed by atoms with van der Waals surface area (Å²) in [6.45, 7) is 0. The first kappa shape index (κ1) is 13.3. The summed E-state index contributed by atoms with van der Waals surface area (Å²) < 4.78 is 60.1. The van der Waals surface area contributed by atoms with Crippen LogP contribution in [0.5, 0.6) is 0 Å². The van der Waals surface area contributed by atoms with Crippen molar-refractivity contribution in [2.45, 2.75) is 5.51 Å². The van der Waals surface area contributed by atoms with Crippen molar-refractivity contribution in [1.29, 1.82) is 0 Å². The first-order valence-electron chi connectivity index (χ1n) is 4.78. The number of halogens is 3. The molecule has 0 radical (unpaired) electrons. The van der Waals surface area contributed by atoms with Crippen LogP contribution in [0.25, 0.3) is 10.9 Å². The van der Waals surface area contributed by atoms with Crippen LogP contribution in [-0.4, -0.2) is 23.9 Å². The van der Waals surface area contributed by atoms with Crippen molar-refractivity contribution in [2.75, 3.05) is 4.72 Å². The molecule has 1 heterocycles. The Morgan fingerprint density at radius 3 is 2.58 bits per heavy atom. The number of H-pyrrole nitrogens is 1. The number of benzene rings is 1. The van der Waals surface area contributed by atoms with E-state index < -0.39 is 26.8 Å². The van der Waals surface area contributed by atoms with Gasteiger partial charge in [0.05, 0.1) is 22.9 Å². The van der Waals surface area contributed by atoms with E-state index in [-0.39, 0.29) is 10.9 Å². The fourth-order valence-electron chi connectivity index (χ4n) is 1.41. The molecule has 1 aromatic heterocycles. The predicted molar refractivity (Wildman–Crippen MR) is 61.0 cm³/mol. The number of hydrogen-bond donors (Lipinski definition) is 2. The normalized spacial score (nSPS) is 12.6. The van der Waals surface area contributed by atoms with Crippen LogP contribution in [0.15, 0.2) is 29.3 Å². The molecular weight excluding hydrogens is 287 g/mol. The summed E-state index contributed by atoms with van der Waals surface area (Å²) in [4.78, 5) is 17.4. The summed E-state index contributed by atoms with van der Waals surface area (Å²) in [5, 5.41) is -0.266. The molecule has 2 N–H and O–H groups in total. The van der Waals surface area contributed by atoms with Crippen LogP contribution < -0.4 is 10.3 Å². The van der Waals surface area contributed by atoms with Gasteiger partial charge in [0.1, 0.15) is 0 Å². The molecule has 6 nitrogen and oxygen atoms in total. The van der Waals surface area contributed by atoms with E-state index in [0.717, 1.165) is 12.4 Å². The van der Waals surface area contributed by atoms with E-state index >= 15 is 0 Å². The predicted octanol–water partition coefficient (Wildman–Crippen LogP) is 1.18. The van der Waals surface area contributed by atoms with E-state index in [4.69, 9.17) is 0 Å². The second-order valence-corrected chi connectivity index (χ2v) is 5.16. The summed E-state index contributed by atoms with van der Waals surface area (Å²) in [5.41, 5.74) is -6.62. The van der Waals surface area contributed by atoms with Crippen LogP contribution in [-0.2, 0) is 10.0 Å². The maximum absolute atomic E-state index is 12.3. The second kappa shape index (κ2) is 4.23. The third kappa shape index (κ3) is 2.38. The van der Waals surface area contributed by atoms with Gasteiger partial charge in [-0.25, -0.2) is 4.98 Å². The van der Waals surface area contributed by atoms with Gasteiger partial charge in [0.2, 0.25) is 0 Å². The van der Waals surface area contributed by atoms with Crippen LogP contribution in [0, 0.1) is 0 Å². The van der Waals surface area contributed by atoms with Crippen LogP contribution in [0.1, 0.15) is 0 Å².